The van der Waals surface area contributed by atoms with E-state index in [1.807, 2.05) is 37.5 Å². The van der Waals surface area contributed by atoms with E-state index >= 15 is 0 Å². The third-order valence-electron chi connectivity index (χ3n) is 4.96. The van der Waals surface area contributed by atoms with Crippen molar-refractivity contribution >= 4 is 34.0 Å². The van der Waals surface area contributed by atoms with Crippen LogP contribution in [-0.2, 0) is 0 Å². The molecule has 0 amide bonds. The lowest BCUT2D eigenvalue weighted by Crippen LogP contribution is -2.24. The number of rotatable bonds is 6. The fourth-order valence-corrected chi connectivity index (χ4v) is 3.42. The molecule has 0 unspecified atom stereocenters. The lowest BCUT2D eigenvalue weighted by Gasteiger charge is -2.17. The van der Waals surface area contributed by atoms with E-state index in [1.54, 1.807) is 38.8 Å². The molecule has 9 nitrogen and oxygen atoms in total. The van der Waals surface area contributed by atoms with Crippen molar-refractivity contribution < 1.29 is 9.50 Å². The van der Waals surface area contributed by atoms with Crippen molar-refractivity contribution in [3.8, 4) is 5.69 Å². The van der Waals surface area contributed by atoms with Gasteiger partial charge in [-0.05, 0) is 24.3 Å². The van der Waals surface area contributed by atoms with Gasteiger partial charge in [0, 0.05) is 31.4 Å². The molecule has 0 aliphatic carbocycles. The molecule has 0 saturated heterocycles. The first kappa shape index (κ1) is 18.9. The van der Waals surface area contributed by atoms with Crippen LogP contribution in [0.15, 0.2) is 61.3 Å². The van der Waals surface area contributed by atoms with Crippen LogP contribution < -0.4 is 10.2 Å². The maximum absolute atomic E-state index is 14.1. The Balaban J connectivity index is 1.52. The number of hydrogen-bond acceptors (Lipinski definition) is 7. The number of hydrogen-bond donors (Lipinski definition) is 2. The van der Waals surface area contributed by atoms with Crippen molar-refractivity contribution in [3.63, 3.8) is 0 Å². The molecule has 10 heteroatoms. The number of anilines is 3. The lowest BCUT2D eigenvalue weighted by molar-refractivity contribution is 0.303. The minimum atomic E-state index is -0.367. The summed E-state index contributed by atoms with van der Waals surface area (Å²) in [6.45, 7) is 0.406. The third-order valence-corrected chi connectivity index (χ3v) is 4.96. The second-order valence-electron chi connectivity index (χ2n) is 7.00. The van der Waals surface area contributed by atoms with Crippen LogP contribution in [-0.4, -0.2) is 54.4 Å². The highest BCUT2D eigenvalue weighted by molar-refractivity contribution is 5.87. The Kier molecular flexibility index (Phi) is 4.68. The lowest BCUT2D eigenvalue weighted by atomic mass is 10.2. The van der Waals surface area contributed by atoms with Gasteiger partial charge in [0.05, 0.1) is 18.5 Å². The Morgan fingerprint density at radius 1 is 1.16 bits per heavy atom. The van der Waals surface area contributed by atoms with Gasteiger partial charge in [0.25, 0.3) is 0 Å². The van der Waals surface area contributed by atoms with E-state index in [0.29, 0.717) is 35.0 Å². The molecule has 5 rings (SSSR count). The number of aromatic nitrogens is 6. The fraction of sp³-hybridized carbons (Fsp3) is 0.143. The zero-order valence-electron chi connectivity index (χ0n) is 16.6. The van der Waals surface area contributed by atoms with Gasteiger partial charge in [-0.25, -0.2) is 13.9 Å². The first-order chi connectivity index (χ1) is 15.1. The van der Waals surface area contributed by atoms with E-state index in [-0.39, 0.29) is 12.4 Å². The first-order valence-electron chi connectivity index (χ1n) is 9.66. The number of likely N-dealkylation sites (N-methyl/N-ethyl adjacent to an activating group) is 1. The third kappa shape index (κ3) is 3.42. The maximum atomic E-state index is 14.1. The molecule has 4 heterocycles. The van der Waals surface area contributed by atoms with Crippen LogP contribution in [0.5, 0.6) is 0 Å². The number of halogens is 1. The van der Waals surface area contributed by atoms with Crippen LogP contribution in [0.2, 0.25) is 0 Å². The van der Waals surface area contributed by atoms with Gasteiger partial charge in [-0.2, -0.15) is 4.98 Å². The Hall–Kier alpha value is -4.05. The number of nitrogens with one attached hydrogen (secondary N) is 1. The van der Waals surface area contributed by atoms with E-state index in [4.69, 9.17) is 0 Å². The van der Waals surface area contributed by atoms with Gasteiger partial charge in [0.1, 0.15) is 29.0 Å². The number of nitrogens with zero attached hydrogens (tertiary/aromatic N) is 7. The monoisotopic (exact) mass is 418 g/mol. The van der Waals surface area contributed by atoms with Gasteiger partial charge < -0.3 is 19.9 Å². The quantitative estimate of drug-likeness (QED) is 0.438. The Bertz CT molecular complexity index is 1380. The molecule has 0 spiro atoms. The molecule has 5 aromatic rings. The molecule has 0 atom stereocenters. The van der Waals surface area contributed by atoms with E-state index in [0.717, 1.165) is 11.2 Å². The molecule has 4 aromatic heterocycles. The molecule has 156 valence electrons. The standard InChI is InChI=1S/C21H19FN8O/c1-28(10-11-31)21-26-20(17-6-3-9-30(17)27-21)25-18-12-29(13-24-18)16-7-8-23-19-14(16)4-2-5-15(19)22/h2-9,12-13,31H,10-11H2,1H3,(H,25,26,27). The van der Waals surface area contributed by atoms with Crippen LogP contribution in [0.3, 0.4) is 0 Å². The molecular weight excluding hydrogens is 399 g/mol. The van der Waals surface area contributed by atoms with Gasteiger partial charge in [-0.15, -0.1) is 5.10 Å². The number of para-hydroxylation sites is 1. The van der Waals surface area contributed by atoms with E-state index in [9.17, 15) is 9.50 Å². The van der Waals surface area contributed by atoms with Crippen molar-refractivity contribution in [3.05, 3.63) is 67.1 Å². The highest BCUT2D eigenvalue weighted by atomic mass is 19.1. The minimum absolute atomic E-state index is 0.00275. The summed E-state index contributed by atoms with van der Waals surface area (Å²) < 4.78 is 17.6. The van der Waals surface area contributed by atoms with Crippen LogP contribution in [0.25, 0.3) is 22.1 Å². The second-order valence-corrected chi connectivity index (χ2v) is 7.00. The summed E-state index contributed by atoms with van der Waals surface area (Å²) in [5.41, 5.74) is 1.86. The van der Waals surface area contributed by atoms with Crippen molar-refractivity contribution in [2.75, 3.05) is 30.4 Å². The van der Waals surface area contributed by atoms with Crippen LogP contribution >= 0.6 is 0 Å². The SMILES string of the molecule is CN(CCO)c1nc(Nc2cn(-c3ccnc4c(F)cccc34)cn2)c2cccn2n1. The van der Waals surface area contributed by atoms with Crippen molar-refractivity contribution in [1.29, 1.82) is 0 Å². The highest BCUT2D eigenvalue weighted by Crippen LogP contribution is 2.25. The van der Waals surface area contributed by atoms with Gasteiger partial charge in [0.2, 0.25) is 5.95 Å². The van der Waals surface area contributed by atoms with Crippen LogP contribution in [0, 0.1) is 5.82 Å². The summed E-state index contributed by atoms with van der Waals surface area (Å²) >= 11 is 0. The molecule has 0 bridgehead atoms. The first-order valence-corrected chi connectivity index (χ1v) is 9.66. The number of benzene rings is 1. The predicted octanol–water partition coefficient (Wildman–Crippen LogP) is 2.77. The zero-order chi connectivity index (χ0) is 21.4. The molecule has 2 N–H and O–H groups in total. The zero-order valence-corrected chi connectivity index (χ0v) is 16.6. The van der Waals surface area contributed by atoms with Gasteiger partial charge in [-0.1, -0.05) is 12.1 Å². The summed E-state index contributed by atoms with van der Waals surface area (Å²) in [6.07, 6.45) is 6.86. The molecule has 31 heavy (non-hydrogen) atoms. The van der Waals surface area contributed by atoms with E-state index < -0.39 is 0 Å². The molecule has 0 saturated carbocycles. The van der Waals surface area contributed by atoms with Crippen LogP contribution in [0.1, 0.15) is 0 Å². The second kappa shape index (κ2) is 7.65. The van der Waals surface area contributed by atoms with Gasteiger partial charge in [0.15, 0.2) is 5.82 Å². The Morgan fingerprint density at radius 2 is 2.06 bits per heavy atom. The molecular formula is C21H19FN8O. The normalized spacial score (nSPS) is 11.3. The van der Waals surface area contributed by atoms with Crippen molar-refractivity contribution in [2.45, 2.75) is 0 Å². The summed E-state index contributed by atoms with van der Waals surface area (Å²) in [6, 6.07) is 10.5. The Morgan fingerprint density at radius 3 is 2.94 bits per heavy atom. The largest absolute Gasteiger partial charge is 0.395 e. The topological polar surface area (TPSA) is 96.4 Å². The number of aliphatic hydroxyl groups is 1. The predicted molar refractivity (Wildman–Crippen MR) is 115 cm³/mol. The summed E-state index contributed by atoms with van der Waals surface area (Å²) in [7, 11) is 1.81. The summed E-state index contributed by atoms with van der Waals surface area (Å²) in [5, 5.41) is 17.6. The van der Waals surface area contributed by atoms with Crippen molar-refractivity contribution in [2.24, 2.45) is 0 Å². The maximum Gasteiger partial charge on any atom is 0.245 e. The summed E-state index contributed by atoms with van der Waals surface area (Å²) in [4.78, 5) is 14.9. The van der Waals surface area contributed by atoms with E-state index in [2.05, 4.69) is 25.4 Å². The minimum Gasteiger partial charge on any atom is -0.395 e. The number of fused-ring (bicyclic) bond motifs is 2. The molecule has 0 fully saturated rings. The molecule has 0 aliphatic rings. The number of imidazole rings is 1. The van der Waals surface area contributed by atoms with Gasteiger partial charge >= 0.3 is 0 Å². The smallest absolute Gasteiger partial charge is 0.245 e. The van der Waals surface area contributed by atoms with Gasteiger partial charge in [-0.3, -0.25) is 4.98 Å². The summed E-state index contributed by atoms with van der Waals surface area (Å²) in [5.74, 6) is 1.25. The molecule has 0 radical (unpaired) electrons. The van der Waals surface area contributed by atoms with Crippen molar-refractivity contribution in [1.82, 2.24) is 29.1 Å². The Labute approximate surface area is 176 Å². The number of aliphatic hydroxyl groups excluding tert-OH is 1. The average Bonchev–Trinajstić information content (AvgIpc) is 3.43. The highest BCUT2D eigenvalue weighted by Gasteiger charge is 2.13. The molecule has 0 aliphatic heterocycles. The van der Waals surface area contributed by atoms with Crippen LogP contribution in [0.4, 0.5) is 22.0 Å². The average molecular weight is 418 g/mol. The fourth-order valence-electron chi connectivity index (χ4n) is 3.42. The number of pyridine rings is 1. The van der Waals surface area contributed by atoms with E-state index in [1.165, 1.54) is 6.07 Å². The molecule has 1 aromatic carbocycles.